The second kappa shape index (κ2) is 5.36. The first-order chi connectivity index (χ1) is 7.65. The third-order valence-electron chi connectivity index (χ3n) is 2.85. The zero-order valence-electron chi connectivity index (χ0n) is 9.60. The minimum Gasteiger partial charge on any atom is -0.478 e. The number of carboxylic acid groups (broad SMARTS) is 1. The first-order valence-corrected chi connectivity index (χ1v) is 5.44. The van der Waals surface area contributed by atoms with Gasteiger partial charge in [0.2, 0.25) is 0 Å². The Bertz CT molecular complexity index is 411. The zero-order chi connectivity index (χ0) is 12.1. The maximum Gasteiger partial charge on any atom is 0.337 e. The van der Waals surface area contributed by atoms with Crippen LogP contribution in [-0.2, 0) is 6.54 Å². The number of rotatable bonds is 5. The number of aromatic carboxylic acids is 1. The van der Waals surface area contributed by atoms with E-state index in [4.69, 9.17) is 10.4 Å². The van der Waals surface area contributed by atoms with Gasteiger partial charge in [-0.15, -0.1) is 0 Å². The van der Waals surface area contributed by atoms with Crippen LogP contribution in [0.25, 0.3) is 0 Å². The quantitative estimate of drug-likeness (QED) is 0.829. The number of carboxylic acids is 1. The van der Waals surface area contributed by atoms with Crippen molar-refractivity contribution in [2.24, 2.45) is 0 Å². The number of aromatic nitrogens is 1. The number of hydrogen-bond donors (Lipinski definition) is 1. The Kier molecular flexibility index (Phi) is 4.12. The highest BCUT2D eigenvalue weighted by molar-refractivity contribution is 5.89. The third-order valence-corrected chi connectivity index (χ3v) is 2.85. The fourth-order valence-electron chi connectivity index (χ4n) is 2.01. The van der Waals surface area contributed by atoms with Crippen molar-refractivity contribution in [3.63, 3.8) is 0 Å². The molecule has 0 fully saturated rings. The van der Waals surface area contributed by atoms with Crippen molar-refractivity contribution in [2.45, 2.75) is 39.2 Å². The van der Waals surface area contributed by atoms with Gasteiger partial charge in [-0.25, -0.2) is 4.79 Å². The molecule has 1 aromatic rings. The van der Waals surface area contributed by atoms with E-state index in [0.717, 1.165) is 18.5 Å². The summed E-state index contributed by atoms with van der Waals surface area (Å²) in [5, 5.41) is 17.8. The van der Waals surface area contributed by atoms with Gasteiger partial charge in [0.15, 0.2) is 0 Å². The molecule has 0 aliphatic rings. The molecule has 0 unspecified atom stereocenters. The van der Waals surface area contributed by atoms with Crippen LogP contribution in [0, 0.1) is 11.3 Å². The van der Waals surface area contributed by atoms with Crippen molar-refractivity contribution in [1.82, 2.24) is 4.57 Å². The molecule has 0 spiro atoms. The van der Waals surface area contributed by atoms with Gasteiger partial charge in [0.1, 0.15) is 6.54 Å². The molecule has 0 amide bonds. The van der Waals surface area contributed by atoms with Crippen molar-refractivity contribution in [3.8, 4) is 6.07 Å². The van der Waals surface area contributed by atoms with Gasteiger partial charge in [0.25, 0.3) is 0 Å². The van der Waals surface area contributed by atoms with Crippen molar-refractivity contribution < 1.29 is 9.90 Å². The third kappa shape index (κ3) is 2.25. The monoisotopic (exact) mass is 220 g/mol. The molecule has 1 aromatic heterocycles. The largest absolute Gasteiger partial charge is 0.478 e. The Morgan fingerprint density at radius 2 is 2.19 bits per heavy atom. The molecule has 1 heterocycles. The summed E-state index contributed by atoms with van der Waals surface area (Å²) in [7, 11) is 0. The first-order valence-electron chi connectivity index (χ1n) is 5.44. The summed E-state index contributed by atoms with van der Waals surface area (Å²) in [6.45, 7) is 4.27. The molecule has 0 aliphatic heterocycles. The van der Waals surface area contributed by atoms with Crippen molar-refractivity contribution in [2.75, 3.05) is 0 Å². The lowest BCUT2D eigenvalue weighted by Crippen LogP contribution is -2.11. The van der Waals surface area contributed by atoms with Crippen LogP contribution >= 0.6 is 0 Å². The maximum atomic E-state index is 11.1. The molecule has 0 bridgehead atoms. The Balaban J connectivity index is 3.23. The topological polar surface area (TPSA) is 66.0 Å². The smallest absolute Gasteiger partial charge is 0.337 e. The van der Waals surface area contributed by atoms with E-state index in [1.165, 1.54) is 0 Å². The summed E-state index contributed by atoms with van der Waals surface area (Å²) in [5.74, 6) is -0.715. The molecule has 4 nitrogen and oxygen atoms in total. The molecule has 16 heavy (non-hydrogen) atoms. The fraction of sp³-hybridized carbons (Fsp3) is 0.500. The molecule has 4 heteroatoms. The maximum absolute atomic E-state index is 11.1. The highest BCUT2D eigenvalue weighted by Gasteiger charge is 2.20. The minimum absolute atomic E-state index is 0.203. The van der Waals surface area contributed by atoms with Gasteiger partial charge in [-0.1, -0.05) is 13.8 Å². The lowest BCUT2D eigenvalue weighted by atomic mass is 9.96. The fourth-order valence-corrected chi connectivity index (χ4v) is 2.01. The lowest BCUT2D eigenvalue weighted by molar-refractivity contribution is 0.0695. The Hall–Kier alpha value is -1.76. The molecule has 0 saturated carbocycles. The number of carbonyl (C=O) groups is 1. The van der Waals surface area contributed by atoms with E-state index in [1.807, 2.05) is 19.9 Å². The second-order valence-electron chi connectivity index (χ2n) is 3.72. The zero-order valence-corrected chi connectivity index (χ0v) is 9.60. The predicted octanol–water partition coefficient (Wildman–Crippen LogP) is 2.61. The van der Waals surface area contributed by atoms with Crippen molar-refractivity contribution >= 4 is 5.97 Å². The van der Waals surface area contributed by atoms with Crippen LogP contribution in [0.1, 0.15) is 48.7 Å². The van der Waals surface area contributed by atoms with Crippen molar-refractivity contribution in [3.05, 3.63) is 23.5 Å². The van der Waals surface area contributed by atoms with E-state index in [9.17, 15) is 4.79 Å². The van der Waals surface area contributed by atoms with E-state index >= 15 is 0 Å². The van der Waals surface area contributed by atoms with E-state index in [2.05, 4.69) is 0 Å². The number of nitrogens with zero attached hydrogens (tertiary/aromatic N) is 2. The van der Waals surface area contributed by atoms with Crippen LogP contribution in [0.4, 0.5) is 0 Å². The Morgan fingerprint density at radius 3 is 2.62 bits per heavy atom. The molecule has 1 rings (SSSR count). The second-order valence-corrected chi connectivity index (χ2v) is 3.72. The van der Waals surface area contributed by atoms with E-state index < -0.39 is 5.97 Å². The molecular weight excluding hydrogens is 204 g/mol. The van der Waals surface area contributed by atoms with Gasteiger partial charge in [0, 0.05) is 11.9 Å². The number of hydrogen-bond acceptors (Lipinski definition) is 2. The van der Waals surface area contributed by atoms with Gasteiger partial charge in [-0.3, -0.25) is 0 Å². The van der Waals surface area contributed by atoms with Crippen molar-refractivity contribution in [1.29, 1.82) is 5.26 Å². The summed E-state index contributed by atoms with van der Waals surface area (Å²) >= 11 is 0. The summed E-state index contributed by atoms with van der Waals surface area (Å²) in [6.07, 6.45) is 3.44. The van der Waals surface area contributed by atoms with E-state index in [1.54, 1.807) is 16.8 Å². The average Bonchev–Trinajstić information content (AvgIpc) is 2.65. The normalized spacial score (nSPS) is 10.4. The first kappa shape index (κ1) is 12.3. The van der Waals surface area contributed by atoms with E-state index in [0.29, 0.717) is 5.56 Å². The van der Waals surface area contributed by atoms with Gasteiger partial charge >= 0.3 is 5.97 Å². The van der Waals surface area contributed by atoms with Crippen LogP contribution in [0.2, 0.25) is 0 Å². The SMILES string of the molecule is CCC(CC)c1c(C(=O)O)ccn1CC#N. The van der Waals surface area contributed by atoms with Crippen LogP contribution in [0.5, 0.6) is 0 Å². The molecule has 0 aromatic carbocycles. The van der Waals surface area contributed by atoms with Crippen LogP contribution in [0.15, 0.2) is 12.3 Å². The summed E-state index contributed by atoms with van der Waals surface area (Å²) < 4.78 is 1.74. The molecule has 1 N–H and O–H groups in total. The summed E-state index contributed by atoms with van der Waals surface area (Å²) in [5.41, 5.74) is 1.10. The van der Waals surface area contributed by atoms with E-state index in [-0.39, 0.29) is 12.5 Å². The number of nitriles is 1. The average molecular weight is 220 g/mol. The molecule has 0 aliphatic carbocycles. The Morgan fingerprint density at radius 1 is 1.56 bits per heavy atom. The Labute approximate surface area is 95.1 Å². The van der Waals surface area contributed by atoms with Gasteiger partial charge < -0.3 is 9.67 Å². The molecule has 86 valence electrons. The highest BCUT2D eigenvalue weighted by atomic mass is 16.4. The summed E-state index contributed by atoms with van der Waals surface area (Å²) in [4.78, 5) is 11.1. The highest BCUT2D eigenvalue weighted by Crippen LogP contribution is 2.27. The molecular formula is C12H16N2O2. The molecule has 0 atom stereocenters. The van der Waals surface area contributed by atoms with Gasteiger partial charge in [0.05, 0.1) is 11.6 Å². The summed E-state index contributed by atoms with van der Waals surface area (Å²) in [6, 6.07) is 3.63. The van der Waals surface area contributed by atoms with Crippen LogP contribution in [0.3, 0.4) is 0 Å². The molecule has 0 saturated heterocycles. The predicted molar refractivity (Wildman–Crippen MR) is 60.3 cm³/mol. The minimum atomic E-state index is -0.918. The van der Waals surface area contributed by atoms with Crippen LogP contribution in [-0.4, -0.2) is 15.6 Å². The van der Waals surface area contributed by atoms with Gasteiger partial charge in [-0.2, -0.15) is 5.26 Å². The lowest BCUT2D eigenvalue weighted by Gasteiger charge is -2.16. The van der Waals surface area contributed by atoms with Crippen LogP contribution < -0.4 is 0 Å². The molecule has 0 radical (unpaired) electrons. The standard InChI is InChI=1S/C12H16N2O2/c1-3-9(4-2)11-10(12(15)16)5-7-14(11)8-6-13/h5,7,9H,3-4,8H2,1-2H3,(H,15,16). The van der Waals surface area contributed by atoms with Gasteiger partial charge in [-0.05, 0) is 24.8 Å².